The highest BCUT2D eigenvalue weighted by molar-refractivity contribution is 7.25. The first-order valence-corrected chi connectivity index (χ1v) is 17.3. The highest BCUT2D eigenvalue weighted by atomic mass is 32.1. The Bertz CT molecular complexity index is 2860. The number of hydrogen-bond acceptors (Lipinski definition) is 6. The van der Waals surface area contributed by atoms with Crippen LogP contribution in [0.4, 0.5) is 0 Å². The number of thiophene rings is 1. The van der Waals surface area contributed by atoms with Crippen LogP contribution in [0.25, 0.3) is 98.5 Å². The van der Waals surface area contributed by atoms with Gasteiger partial charge in [-0.25, -0.2) is 15.0 Å². The van der Waals surface area contributed by atoms with Crippen molar-refractivity contribution in [2.75, 3.05) is 0 Å². The SMILES string of the molecule is c1ccc(-c2nc(-c3ccc(-c4cccnc4)cc3)nc(-c3ccc(-c4ccc5c(c4)sc4ccccc45)c4c3oc3ccccc34)n2)cc1. The van der Waals surface area contributed by atoms with E-state index >= 15 is 0 Å². The van der Waals surface area contributed by atoms with E-state index < -0.39 is 0 Å². The fourth-order valence-corrected chi connectivity index (χ4v) is 7.97. The van der Waals surface area contributed by atoms with Crippen molar-refractivity contribution in [3.63, 3.8) is 0 Å². The lowest BCUT2D eigenvalue weighted by atomic mass is 9.96. The van der Waals surface area contributed by atoms with Gasteiger partial charge in [0.15, 0.2) is 17.5 Å². The molecule has 0 saturated carbocycles. The molecule has 5 nitrogen and oxygen atoms in total. The van der Waals surface area contributed by atoms with E-state index in [2.05, 4.69) is 102 Å². The maximum absolute atomic E-state index is 6.69. The number of fused-ring (bicyclic) bond motifs is 6. The summed E-state index contributed by atoms with van der Waals surface area (Å²) in [6.07, 6.45) is 3.65. The number of hydrogen-bond donors (Lipinski definition) is 0. The van der Waals surface area contributed by atoms with Crippen molar-refractivity contribution >= 4 is 53.4 Å². The van der Waals surface area contributed by atoms with Gasteiger partial charge >= 0.3 is 0 Å². The molecule has 0 bridgehead atoms. The van der Waals surface area contributed by atoms with Crippen LogP contribution in [0.15, 0.2) is 162 Å². The highest BCUT2D eigenvalue weighted by Crippen LogP contribution is 2.43. The van der Waals surface area contributed by atoms with Crippen LogP contribution in [0.5, 0.6) is 0 Å². The molecule has 0 aliphatic rings. The predicted molar refractivity (Wildman–Crippen MR) is 205 cm³/mol. The fraction of sp³-hybridized carbons (Fsp3) is 0. The first-order chi connectivity index (χ1) is 24.8. The van der Waals surface area contributed by atoms with Crippen LogP contribution in [0.1, 0.15) is 0 Å². The van der Waals surface area contributed by atoms with Crippen LogP contribution in [-0.2, 0) is 0 Å². The lowest BCUT2D eigenvalue weighted by Gasteiger charge is -2.11. The molecule has 234 valence electrons. The second kappa shape index (κ2) is 11.6. The van der Waals surface area contributed by atoms with Crippen molar-refractivity contribution in [3.8, 4) is 56.4 Å². The molecule has 0 fully saturated rings. The summed E-state index contributed by atoms with van der Waals surface area (Å²) >= 11 is 1.83. The van der Waals surface area contributed by atoms with Gasteiger partial charge in [0.2, 0.25) is 0 Å². The zero-order valence-electron chi connectivity index (χ0n) is 26.6. The Balaban J connectivity index is 1.17. The normalized spacial score (nSPS) is 11.6. The van der Waals surface area contributed by atoms with Gasteiger partial charge < -0.3 is 4.42 Å². The zero-order valence-corrected chi connectivity index (χ0v) is 27.4. The van der Waals surface area contributed by atoms with Crippen LogP contribution in [0.3, 0.4) is 0 Å². The number of benzene rings is 6. The topological polar surface area (TPSA) is 64.7 Å². The monoisotopic (exact) mass is 658 g/mol. The summed E-state index contributed by atoms with van der Waals surface area (Å²) in [5.41, 5.74) is 8.58. The van der Waals surface area contributed by atoms with Crippen molar-refractivity contribution < 1.29 is 4.42 Å². The van der Waals surface area contributed by atoms with Gasteiger partial charge in [-0.3, -0.25) is 4.98 Å². The van der Waals surface area contributed by atoms with E-state index in [0.29, 0.717) is 17.5 Å². The molecule has 0 atom stereocenters. The Morgan fingerprint density at radius 3 is 1.90 bits per heavy atom. The third kappa shape index (κ3) is 4.77. The number of aromatic nitrogens is 4. The minimum Gasteiger partial charge on any atom is -0.455 e. The van der Waals surface area contributed by atoms with Crippen LogP contribution >= 0.6 is 11.3 Å². The quantitative estimate of drug-likeness (QED) is 0.184. The third-order valence-corrected chi connectivity index (χ3v) is 10.4. The van der Waals surface area contributed by atoms with Gasteiger partial charge in [0.05, 0.1) is 5.56 Å². The molecule has 10 aromatic rings. The van der Waals surface area contributed by atoms with Crippen molar-refractivity contribution in [3.05, 3.63) is 158 Å². The molecule has 0 amide bonds. The maximum Gasteiger partial charge on any atom is 0.167 e. The Morgan fingerprint density at radius 1 is 0.440 bits per heavy atom. The molecule has 50 heavy (non-hydrogen) atoms. The Hall–Kier alpha value is -6.50. The fourth-order valence-electron chi connectivity index (χ4n) is 6.83. The van der Waals surface area contributed by atoms with E-state index in [9.17, 15) is 0 Å². The molecule has 0 unspecified atom stereocenters. The van der Waals surface area contributed by atoms with E-state index in [1.165, 1.54) is 20.2 Å². The zero-order chi connectivity index (χ0) is 33.0. The first kappa shape index (κ1) is 28.5. The summed E-state index contributed by atoms with van der Waals surface area (Å²) in [6.45, 7) is 0. The predicted octanol–water partition coefficient (Wildman–Crippen LogP) is 11.9. The number of nitrogens with zero attached hydrogens (tertiary/aromatic N) is 4. The number of rotatable bonds is 5. The summed E-state index contributed by atoms with van der Waals surface area (Å²) in [6, 6.07) is 50.2. The standard InChI is InChI=1S/C44H26N4OS/c1-2-9-28(10-3-1)42-46-43(29-18-16-27(17-19-29)31-11-8-24-45-26-31)48-44(47-42)36-23-22-32(40-35-13-4-6-14-37(35)49-41(36)40)30-20-21-34-33-12-5-7-15-38(33)50-39(34)25-30/h1-26H. The van der Waals surface area contributed by atoms with E-state index in [1.54, 1.807) is 6.20 Å². The largest absolute Gasteiger partial charge is 0.455 e. The molecular formula is C44H26N4OS. The molecule has 6 heteroatoms. The van der Waals surface area contributed by atoms with Crippen molar-refractivity contribution in [2.45, 2.75) is 0 Å². The Labute approximate surface area is 291 Å². The lowest BCUT2D eigenvalue weighted by Crippen LogP contribution is -2.00. The lowest BCUT2D eigenvalue weighted by molar-refractivity contribution is 0.669. The molecule has 0 spiro atoms. The second-order valence-corrected chi connectivity index (χ2v) is 13.3. The van der Waals surface area contributed by atoms with Gasteiger partial charge in [-0.1, -0.05) is 115 Å². The summed E-state index contributed by atoms with van der Waals surface area (Å²) in [4.78, 5) is 19.4. The molecule has 0 aliphatic carbocycles. The van der Waals surface area contributed by atoms with Gasteiger partial charge in [-0.2, -0.15) is 0 Å². The molecular weight excluding hydrogens is 633 g/mol. The summed E-state index contributed by atoms with van der Waals surface area (Å²) in [5, 5.41) is 4.67. The second-order valence-electron chi connectivity index (χ2n) is 12.3. The van der Waals surface area contributed by atoms with E-state index in [4.69, 9.17) is 19.4 Å². The minimum absolute atomic E-state index is 0.556. The molecule has 0 aliphatic heterocycles. The molecule has 6 aromatic carbocycles. The van der Waals surface area contributed by atoms with Gasteiger partial charge in [-0.15, -0.1) is 11.3 Å². The Kier molecular flexibility index (Phi) is 6.60. The Morgan fingerprint density at radius 2 is 1.08 bits per heavy atom. The number of pyridine rings is 1. The molecule has 10 rings (SSSR count). The molecule has 4 aromatic heterocycles. The molecule has 0 saturated heterocycles. The highest BCUT2D eigenvalue weighted by Gasteiger charge is 2.21. The van der Waals surface area contributed by atoms with Gasteiger partial charge in [0.25, 0.3) is 0 Å². The average molecular weight is 659 g/mol. The van der Waals surface area contributed by atoms with E-state index in [1.807, 2.05) is 66.1 Å². The molecule has 0 N–H and O–H groups in total. The molecule has 4 heterocycles. The van der Waals surface area contributed by atoms with Crippen LogP contribution < -0.4 is 0 Å². The third-order valence-electron chi connectivity index (χ3n) is 9.26. The van der Waals surface area contributed by atoms with Gasteiger partial charge in [-0.05, 0) is 52.6 Å². The first-order valence-electron chi connectivity index (χ1n) is 16.5. The van der Waals surface area contributed by atoms with Gasteiger partial charge in [0.1, 0.15) is 11.2 Å². The molecule has 0 radical (unpaired) electrons. The maximum atomic E-state index is 6.69. The smallest absolute Gasteiger partial charge is 0.167 e. The van der Waals surface area contributed by atoms with Crippen LogP contribution in [0, 0.1) is 0 Å². The summed E-state index contributed by atoms with van der Waals surface area (Å²) < 4.78 is 9.24. The van der Waals surface area contributed by atoms with Crippen LogP contribution in [0.2, 0.25) is 0 Å². The minimum atomic E-state index is 0.556. The summed E-state index contributed by atoms with van der Waals surface area (Å²) in [7, 11) is 0. The van der Waals surface area contributed by atoms with E-state index in [0.717, 1.165) is 60.9 Å². The van der Waals surface area contributed by atoms with Crippen molar-refractivity contribution in [2.24, 2.45) is 0 Å². The van der Waals surface area contributed by atoms with Crippen molar-refractivity contribution in [1.29, 1.82) is 0 Å². The number of para-hydroxylation sites is 1. The van der Waals surface area contributed by atoms with Gasteiger partial charge in [0, 0.05) is 54.5 Å². The average Bonchev–Trinajstić information content (AvgIpc) is 3.77. The van der Waals surface area contributed by atoms with E-state index in [-0.39, 0.29) is 0 Å². The summed E-state index contributed by atoms with van der Waals surface area (Å²) in [5.74, 6) is 1.75. The van der Waals surface area contributed by atoms with Crippen molar-refractivity contribution in [1.82, 2.24) is 19.9 Å². The van der Waals surface area contributed by atoms with Crippen LogP contribution in [-0.4, -0.2) is 19.9 Å². The number of furan rings is 1.